The van der Waals surface area contributed by atoms with Gasteiger partial charge in [-0.05, 0) is 26.0 Å². The standard InChI is InChI=1S/C14H23FN2O/c1-3-8-17(9-10-18)14(11(2)16)12-6-4-5-7-13(12)15/h4-7,11,14,18H,3,8-10,16H2,1-2H3. The van der Waals surface area contributed by atoms with Gasteiger partial charge in [-0.2, -0.15) is 0 Å². The number of benzene rings is 1. The lowest BCUT2D eigenvalue weighted by Crippen LogP contribution is -2.41. The van der Waals surface area contributed by atoms with E-state index in [-0.39, 0.29) is 24.5 Å². The van der Waals surface area contributed by atoms with E-state index in [4.69, 9.17) is 10.8 Å². The summed E-state index contributed by atoms with van der Waals surface area (Å²) in [5.41, 5.74) is 6.61. The quantitative estimate of drug-likeness (QED) is 0.781. The molecule has 0 spiro atoms. The number of rotatable bonds is 7. The van der Waals surface area contributed by atoms with Crippen LogP contribution in [0.1, 0.15) is 31.9 Å². The minimum absolute atomic E-state index is 0.0532. The van der Waals surface area contributed by atoms with Crippen LogP contribution in [0.15, 0.2) is 24.3 Å². The number of nitrogens with two attached hydrogens (primary N) is 1. The van der Waals surface area contributed by atoms with E-state index in [0.29, 0.717) is 12.1 Å². The zero-order valence-electron chi connectivity index (χ0n) is 11.1. The van der Waals surface area contributed by atoms with Crippen molar-refractivity contribution in [3.05, 3.63) is 35.6 Å². The Labute approximate surface area is 108 Å². The van der Waals surface area contributed by atoms with Crippen LogP contribution < -0.4 is 5.73 Å². The maximum Gasteiger partial charge on any atom is 0.128 e. The lowest BCUT2D eigenvalue weighted by atomic mass is 9.98. The lowest BCUT2D eigenvalue weighted by molar-refractivity contribution is 0.134. The smallest absolute Gasteiger partial charge is 0.128 e. The third-order valence-electron chi connectivity index (χ3n) is 3.01. The summed E-state index contributed by atoms with van der Waals surface area (Å²) >= 11 is 0. The minimum Gasteiger partial charge on any atom is -0.395 e. The molecule has 102 valence electrons. The van der Waals surface area contributed by atoms with E-state index in [1.807, 2.05) is 17.9 Å². The molecule has 18 heavy (non-hydrogen) atoms. The van der Waals surface area contributed by atoms with E-state index < -0.39 is 0 Å². The fraction of sp³-hybridized carbons (Fsp3) is 0.571. The molecule has 0 saturated carbocycles. The Hall–Kier alpha value is -0.970. The van der Waals surface area contributed by atoms with Gasteiger partial charge in [-0.15, -0.1) is 0 Å². The van der Waals surface area contributed by atoms with Crippen LogP contribution >= 0.6 is 0 Å². The van der Waals surface area contributed by atoms with Crippen LogP contribution in [0.4, 0.5) is 4.39 Å². The summed E-state index contributed by atoms with van der Waals surface area (Å²) in [6, 6.07) is 6.32. The van der Waals surface area contributed by atoms with Crippen molar-refractivity contribution >= 4 is 0 Å². The highest BCUT2D eigenvalue weighted by atomic mass is 19.1. The molecule has 0 aromatic heterocycles. The van der Waals surface area contributed by atoms with Crippen LogP contribution in [0.5, 0.6) is 0 Å². The minimum atomic E-state index is -0.237. The van der Waals surface area contributed by atoms with E-state index >= 15 is 0 Å². The average molecular weight is 254 g/mol. The molecule has 2 atom stereocenters. The zero-order valence-corrected chi connectivity index (χ0v) is 11.1. The van der Waals surface area contributed by atoms with E-state index in [9.17, 15) is 4.39 Å². The highest BCUT2D eigenvalue weighted by Crippen LogP contribution is 2.25. The SMILES string of the molecule is CCCN(CCO)C(c1ccccc1F)C(C)N. The zero-order chi connectivity index (χ0) is 13.5. The Morgan fingerprint density at radius 3 is 2.50 bits per heavy atom. The van der Waals surface area contributed by atoms with Crippen LogP contribution in [0.25, 0.3) is 0 Å². The fourth-order valence-corrected chi connectivity index (χ4v) is 2.33. The Kier molecular flexibility index (Phi) is 6.25. The molecule has 0 radical (unpaired) electrons. The molecule has 1 aromatic carbocycles. The molecule has 0 aliphatic rings. The van der Waals surface area contributed by atoms with Gasteiger partial charge in [0.25, 0.3) is 0 Å². The number of halogens is 1. The number of aliphatic hydroxyl groups is 1. The summed E-state index contributed by atoms with van der Waals surface area (Å²) in [6.07, 6.45) is 0.942. The second-order valence-electron chi connectivity index (χ2n) is 4.59. The van der Waals surface area contributed by atoms with Crippen LogP contribution in [-0.4, -0.2) is 35.7 Å². The summed E-state index contributed by atoms with van der Waals surface area (Å²) in [6.45, 7) is 5.29. The topological polar surface area (TPSA) is 49.5 Å². The maximum absolute atomic E-state index is 13.9. The van der Waals surface area contributed by atoms with E-state index in [0.717, 1.165) is 13.0 Å². The van der Waals surface area contributed by atoms with Crippen LogP contribution in [0, 0.1) is 5.82 Å². The molecule has 1 rings (SSSR count). The summed E-state index contributed by atoms with van der Waals surface area (Å²) in [5, 5.41) is 9.13. The Bertz CT molecular complexity index is 351. The van der Waals surface area contributed by atoms with Gasteiger partial charge in [-0.3, -0.25) is 4.90 Å². The molecule has 0 heterocycles. The molecule has 0 fully saturated rings. The van der Waals surface area contributed by atoms with Gasteiger partial charge in [0, 0.05) is 18.2 Å². The normalized spacial score (nSPS) is 14.8. The van der Waals surface area contributed by atoms with Crippen molar-refractivity contribution in [3.63, 3.8) is 0 Å². The first-order valence-corrected chi connectivity index (χ1v) is 6.46. The number of aliphatic hydroxyl groups excluding tert-OH is 1. The molecule has 3 nitrogen and oxygen atoms in total. The van der Waals surface area contributed by atoms with Gasteiger partial charge in [-0.1, -0.05) is 25.1 Å². The molecular weight excluding hydrogens is 231 g/mol. The molecule has 0 aliphatic heterocycles. The van der Waals surface area contributed by atoms with Gasteiger partial charge in [0.15, 0.2) is 0 Å². The fourth-order valence-electron chi connectivity index (χ4n) is 2.33. The molecule has 0 saturated heterocycles. The van der Waals surface area contributed by atoms with Crippen molar-refractivity contribution in [3.8, 4) is 0 Å². The monoisotopic (exact) mass is 254 g/mol. The summed E-state index contributed by atoms with van der Waals surface area (Å²) in [4.78, 5) is 2.04. The lowest BCUT2D eigenvalue weighted by Gasteiger charge is -2.34. The first kappa shape index (κ1) is 15.1. The maximum atomic E-state index is 13.9. The number of nitrogens with zero attached hydrogens (tertiary/aromatic N) is 1. The van der Waals surface area contributed by atoms with Crippen LogP contribution in [0.3, 0.4) is 0 Å². The third kappa shape index (κ3) is 3.77. The Morgan fingerprint density at radius 1 is 1.33 bits per heavy atom. The van der Waals surface area contributed by atoms with Crippen LogP contribution in [0.2, 0.25) is 0 Å². The van der Waals surface area contributed by atoms with Gasteiger partial charge in [0.2, 0.25) is 0 Å². The van der Waals surface area contributed by atoms with E-state index in [1.165, 1.54) is 6.07 Å². The van der Waals surface area contributed by atoms with Gasteiger partial charge < -0.3 is 10.8 Å². The van der Waals surface area contributed by atoms with Crippen molar-refractivity contribution < 1.29 is 9.50 Å². The summed E-state index contributed by atoms with van der Waals surface area (Å²) in [5.74, 6) is -0.237. The van der Waals surface area contributed by atoms with Gasteiger partial charge in [0.05, 0.1) is 12.6 Å². The average Bonchev–Trinajstić information content (AvgIpc) is 2.32. The first-order chi connectivity index (χ1) is 8.61. The summed E-state index contributed by atoms with van der Waals surface area (Å²) in [7, 11) is 0. The van der Waals surface area contributed by atoms with Crippen molar-refractivity contribution in [1.82, 2.24) is 4.90 Å². The molecule has 2 unspecified atom stereocenters. The predicted octanol–water partition coefficient (Wildman–Crippen LogP) is 1.92. The molecule has 0 bridgehead atoms. The van der Waals surface area contributed by atoms with Crippen molar-refractivity contribution in [2.45, 2.75) is 32.4 Å². The second kappa shape index (κ2) is 7.46. The van der Waals surface area contributed by atoms with E-state index in [1.54, 1.807) is 12.1 Å². The number of hydrogen-bond acceptors (Lipinski definition) is 3. The Balaban J connectivity index is 3.03. The molecule has 0 amide bonds. The van der Waals surface area contributed by atoms with Gasteiger partial charge in [0.1, 0.15) is 5.82 Å². The first-order valence-electron chi connectivity index (χ1n) is 6.46. The van der Waals surface area contributed by atoms with Crippen molar-refractivity contribution in [1.29, 1.82) is 0 Å². The van der Waals surface area contributed by atoms with Crippen molar-refractivity contribution in [2.75, 3.05) is 19.7 Å². The molecular formula is C14H23FN2O. The molecule has 4 heteroatoms. The highest BCUT2D eigenvalue weighted by Gasteiger charge is 2.25. The van der Waals surface area contributed by atoms with Gasteiger partial charge >= 0.3 is 0 Å². The van der Waals surface area contributed by atoms with E-state index in [2.05, 4.69) is 6.92 Å². The largest absolute Gasteiger partial charge is 0.395 e. The molecule has 0 aliphatic carbocycles. The van der Waals surface area contributed by atoms with Gasteiger partial charge in [-0.25, -0.2) is 4.39 Å². The summed E-state index contributed by atoms with van der Waals surface area (Å²) < 4.78 is 13.9. The molecule has 1 aromatic rings. The Morgan fingerprint density at radius 2 is 2.00 bits per heavy atom. The highest BCUT2D eigenvalue weighted by molar-refractivity contribution is 5.22. The molecule has 3 N–H and O–H groups in total. The number of hydrogen-bond donors (Lipinski definition) is 2. The second-order valence-corrected chi connectivity index (χ2v) is 4.59. The van der Waals surface area contributed by atoms with Crippen molar-refractivity contribution in [2.24, 2.45) is 5.73 Å². The predicted molar refractivity (Wildman–Crippen MR) is 71.7 cm³/mol. The third-order valence-corrected chi connectivity index (χ3v) is 3.01. The van der Waals surface area contributed by atoms with Crippen LogP contribution in [-0.2, 0) is 0 Å².